The Labute approximate surface area is 77.7 Å². The lowest BCUT2D eigenvalue weighted by Gasteiger charge is -2.07. The van der Waals surface area contributed by atoms with Gasteiger partial charge in [0.2, 0.25) is 3.79 Å². The van der Waals surface area contributed by atoms with Crippen LogP contribution < -0.4 is 5.63 Å². The molecule has 0 aliphatic rings. The third kappa shape index (κ3) is 2.12. The van der Waals surface area contributed by atoms with Gasteiger partial charge in [0.15, 0.2) is 0 Å². The summed E-state index contributed by atoms with van der Waals surface area (Å²) in [7, 11) is 0. The summed E-state index contributed by atoms with van der Waals surface area (Å²) < 4.78 is 2.77. The number of hydrogen-bond donors (Lipinski definition) is 0. The highest BCUT2D eigenvalue weighted by atomic mass is 35.6. The summed E-state index contributed by atoms with van der Waals surface area (Å²) in [6, 6.07) is 2.89. The van der Waals surface area contributed by atoms with Gasteiger partial charge in [0, 0.05) is 0 Å². The third-order valence-corrected chi connectivity index (χ3v) is 1.65. The third-order valence-electron chi connectivity index (χ3n) is 1.04. The molecule has 1 aromatic rings. The van der Waals surface area contributed by atoms with Gasteiger partial charge in [-0.3, -0.25) is 0 Å². The Balaban J connectivity index is 3.26. The van der Waals surface area contributed by atoms with E-state index in [0.717, 1.165) is 0 Å². The van der Waals surface area contributed by atoms with Crippen LogP contribution in [0.25, 0.3) is 0 Å². The van der Waals surface area contributed by atoms with Crippen LogP contribution in [0.2, 0.25) is 0 Å². The van der Waals surface area contributed by atoms with E-state index in [1.165, 1.54) is 18.4 Å². The molecule has 60 valence electrons. The molecule has 0 saturated heterocycles. The molecule has 0 amide bonds. The second-order valence-corrected chi connectivity index (χ2v) is 4.09. The van der Waals surface area contributed by atoms with Gasteiger partial charge in [-0.25, -0.2) is 4.79 Å². The summed E-state index contributed by atoms with van der Waals surface area (Å²) in [6.07, 6.45) is 1.22. The monoisotopic (exact) mass is 212 g/mol. The second-order valence-electron chi connectivity index (χ2n) is 1.81. The van der Waals surface area contributed by atoms with E-state index >= 15 is 0 Å². The zero-order valence-corrected chi connectivity index (χ0v) is 7.45. The molecule has 1 aromatic heterocycles. The van der Waals surface area contributed by atoms with Crippen molar-refractivity contribution in [2.45, 2.75) is 3.79 Å². The summed E-state index contributed by atoms with van der Waals surface area (Å²) in [5.74, 6) is 0. The molecule has 5 heteroatoms. The standard InChI is InChI=1S/C6H3Cl3O2/c7-6(8,9)4-2-1-3-11-5(4)10/h1-3H. The Morgan fingerprint density at radius 3 is 2.36 bits per heavy atom. The fourth-order valence-electron chi connectivity index (χ4n) is 0.578. The molecule has 0 N–H and O–H groups in total. The van der Waals surface area contributed by atoms with Crippen LogP contribution in [0, 0.1) is 0 Å². The lowest BCUT2D eigenvalue weighted by molar-refractivity contribution is 0.502. The maximum atomic E-state index is 10.8. The largest absolute Gasteiger partial charge is 0.431 e. The molecular weight excluding hydrogens is 210 g/mol. The van der Waals surface area contributed by atoms with Crippen LogP contribution >= 0.6 is 34.8 Å². The normalized spacial score (nSPS) is 11.5. The maximum absolute atomic E-state index is 10.8. The topological polar surface area (TPSA) is 30.2 Å². The van der Waals surface area contributed by atoms with Crippen LogP contribution in [-0.2, 0) is 3.79 Å². The summed E-state index contributed by atoms with van der Waals surface area (Å²) >= 11 is 16.3. The van der Waals surface area contributed by atoms with Crippen molar-refractivity contribution in [3.63, 3.8) is 0 Å². The summed E-state index contributed by atoms with van der Waals surface area (Å²) in [5.41, 5.74) is -0.613. The Kier molecular flexibility index (Phi) is 2.47. The first kappa shape index (κ1) is 8.91. The van der Waals surface area contributed by atoms with Crippen LogP contribution in [0.4, 0.5) is 0 Å². The predicted octanol–water partition coefficient (Wildman–Crippen LogP) is 2.47. The molecule has 0 radical (unpaired) electrons. The van der Waals surface area contributed by atoms with Crippen molar-refractivity contribution in [2.24, 2.45) is 0 Å². The van der Waals surface area contributed by atoms with Gasteiger partial charge in [-0.05, 0) is 12.1 Å². The molecule has 0 spiro atoms. The fraction of sp³-hybridized carbons (Fsp3) is 0.167. The minimum Gasteiger partial charge on any atom is -0.431 e. The molecule has 11 heavy (non-hydrogen) atoms. The van der Waals surface area contributed by atoms with Crippen molar-refractivity contribution >= 4 is 34.8 Å². The lowest BCUT2D eigenvalue weighted by atomic mass is 10.3. The molecule has 0 aliphatic carbocycles. The maximum Gasteiger partial charge on any atom is 0.343 e. The number of hydrogen-bond acceptors (Lipinski definition) is 2. The molecule has 0 bridgehead atoms. The Morgan fingerprint density at radius 2 is 2.00 bits per heavy atom. The van der Waals surface area contributed by atoms with Gasteiger partial charge >= 0.3 is 5.63 Å². The summed E-state index contributed by atoms with van der Waals surface area (Å²) in [4.78, 5) is 10.8. The Hall–Kier alpha value is -0.180. The average molecular weight is 213 g/mol. The van der Waals surface area contributed by atoms with Crippen LogP contribution in [-0.4, -0.2) is 0 Å². The van der Waals surface area contributed by atoms with Gasteiger partial charge in [0.25, 0.3) is 0 Å². The first-order valence-electron chi connectivity index (χ1n) is 2.67. The van der Waals surface area contributed by atoms with Crippen LogP contribution in [0.5, 0.6) is 0 Å². The van der Waals surface area contributed by atoms with Crippen molar-refractivity contribution in [3.8, 4) is 0 Å². The van der Waals surface area contributed by atoms with Gasteiger partial charge in [0.05, 0.1) is 11.8 Å². The first-order chi connectivity index (χ1) is 5.02. The van der Waals surface area contributed by atoms with Gasteiger partial charge in [-0.15, -0.1) is 0 Å². The highest BCUT2D eigenvalue weighted by Crippen LogP contribution is 2.35. The van der Waals surface area contributed by atoms with Crippen molar-refractivity contribution in [1.29, 1.82) is 0 Å². The lowest BCUT2D eigenvalue weighted by Crippen LogP contribution is -2.14. The van der Waals surface area contributed by atoms with E-state index < -0.39 is 9.42 Å². The smallest absolute Gasteiger partial charge is 0.343 e. The zero-order valence-electron chi connectivity index (χ0n) is 5.18. The van der Waals surface area contributed by atoms with E-state index in [1.807, 2.05) is 0 Å². The van der Waals surface area contributed by atoms with E-state index in [9.17, 15) is 4.79 Å². The number of rotatable bonds is 0. The van der Waals surface area contributed by atoms with Gasteiger partial charge in [-0.2, -0.15) is 0 Å². The van der Waals surface area contributed by atoms with Gasteiger partial charge < -0.3 is 4.42 Å². The van der Waals surface area contributed by atoms with Crippen molar-refractivity contribution < 1.29 is 4.42 Å². The molecule has 0 aromatic carbocycles. The van der Waals surface area contributed by atoms with Crippen molar-refractivity contribution in [3.05, 3.63) is 34.4 Å². The molecule has 1 rings (SSSR count). The number of halogens is 3. The van der Waals surface area contributed by atoms with E-state index in [4.69, 9.17) is 34.8 Å². The SMILES string of the molecule is O=c1occcc1C(Cl)(Cl)Cl. The van der Waals surface area contributed by atoms with Crippen molar-refractivity contribution in [1.82, 2.24) is 0 Å². The number of alkyl halides is 3. The predicted molar refractivity (Wildman–Crippen MR) is 44.2 cm³/mol. The van der Waals surface area contributed by atoms with Crippen LogP contribution in [0.1, 0.15) is 5.56 Å². The van der Waals surface area contributed by atoms with Crippen LogP contribution in [0.3, 0.4) is 0 Å². The highest BCUT2D eigenvalue weighted by Gasteiger charge is 2.26. The highest BCUT2D eigenvalue weighted by molar-refractivity contribution is 6.66. The van der Waals surface area contributed by atoms with Crippen LogP contribution in [0.15, 0.2) is 27.6 Å². The molecule has 0 fully saturated rings. The minimum atomic E-state index is -1.71. The fourth-order valence-corrected chi connectivity index (χ4v) is 0.999. The average Bonchev–Trinajstić information content (AvgIpc) is 1.86. The summed E-state index contributed by atoms with van der Waals surface area (Å²) in [5, 5.41) is 0. The van der Waals surface area contributed by atoms with Gasteiger partial charge in [-0.1, -0.05) is 34.8 Å². The molecule has 0 unspecified atom stereocenters. The Morgan fingerprint density at radius 1 is 1.36 bits per heavy atom. The molecular formula is C6H3Cl3O2. The summed E-state index contributed by atoms with van der Waals surface area (Å²) in [6.45, 7) is 0. The molecule has 1 heterocycles. The van der Waals surface area contributed by atoms with E-state index in [-0.39, 0.29) is 5.56 Å². The molecule has 0 atom stereocenters. The Bertz CT molecular complexity index is 299. The molecule has 2 nitrogen and oxygen atoms in total. The minimum absolute atomic E-state index is 0.0185. The zero-order chi connectivity index (χ0) is 8.48. The molecule has 0 saturated carbocycles. The van der Waals surface area contributed by atoms with E-state index in [2.05, 4.69) is 4.42 Å². The molecule has 0 aliphatic heterocycles. The first-order valence-corrected chi connectivity index (χ1v) is 3.80. The quantitative estimate of drug-likeness (QED) is 0.620. The van der Waals surface area contributed by atoms with Crippen molar-refractivity contribution in [2.75, 3.05) is 0 Å². The van der Waals surface area contributed by atoms with Gasteiger partial charge in [0.1, 0.15) is 0 Å². The second kappa shape index (κ2) is 3.05. The van der Waals surface area contributed by atoms with E-state index in [0.29, 0.717) is 0 Å². The van der Waals surface area contributed by atoms with E-state index in [1.54, 1.807) is 0 Å².